The highest BCUT2D eigenvalue weighted by Gasteiger charge is 2.14. The molecular formula is C15H24FNO3. The molecule has 0 fully saturated rings. The topological polar surface area (TPSA) is 41.9 Å². The summed E-state index contributed by atoms with van der Waals surface area (Å²) in [5, 5.41) is 10.3. The molecule has 0 radical (unpaired) electrons. The van der Waals surface area contributed by atoms with E-state index >= 15 is 0 Å². The van der Waals surface area contributed by atoms with Crippen molar-refractivity contribution < 1.29 is 19.0 Å². The van der Waals surface area contributed by atoms with Gasteiger partial charge in [0, 0.05) is 33.9 Å². The minimum Gasteiger partial charge on any atom is -0.387 e. The molecule has 1 aromatic carbocycles. The quantitative estimate of drug-likeness (QED) is 0.751. The molecule has 1 unspecified atom stereocenters. The number of ether oxygens (including phenoxy) is 2. The first-order valence-electron chi connectivity index (χ1n) is 6.72. The molecule has 20 heavy (non-hydrogen) atoms. The Bertz CT molecular complexity index is 393. The molecule has 0 aliphatic rings. The molecule has 0 bridgehead atoms. The highest BCUT2D eigenvalue weighted by molar-refractivity contribution is 5.25. The van der Waals surface area contributed by atoms with E-state index in [0.29, 0.717) is 25.3 Å². The van der Waals surface area contributed by atoms with Gasteiger partial charge in [-0.15, -0.1) is 0 Å². The molecule has 0 heterocycles. The number of aliphatic hydroxyl groups is 1. The number of hydrogen-bond acceptors (Lipinski definition) is 4. The number of aliphatic hydroxyl groups excluding tert-OH is 1. The number of aryl methyl sites for hydroxylation is 1. The summed E-state index contributed by atoms with van der Waals surface area (Å²) < 4.78 is 23.4. The van der Waals surface area contributed by atoms with Crippen LogP contribution in [0.25, 0.3) is 0 Å². The van der Waals surface area contributed by atoms with Gasteiger partial charge in [-0.05, 0) is 24.1 Å². The van der Waals surface area contributed by atoms with Gasteiger partial charge in [-0.3, -0.25) is 4.90 Å². The Hall–Kier alpha value is -1.01. The van der Waals surface area contributed by atoms with Gasteiger partial charge in [0.1, 0.15) is 5.82 Å². The number of methoxy groups -OCH3 is 2. The molecule has 1 aromatic rings. The van der Waals surface area contributed by atoms with Crippen molar-refractivity contribution in [3.8, 4) is 0 Å². The SMILES string of the molecule is COCCN(CCOC)CC(O)c1ccc(F)c(C)c1. The molecule has 114 valence electrons. The molecule has 0 saturated heterocycles. The van der Waals surface area contributed by atoms with Crippen LogP contribution in [-0.4, -0.2) is 57.1 Å². The van der Waals surface area contributed by atoms with E-state index in [2.05, 4.69) is 4.90 Å². The molecule has 0 aliphatic carbocycles. The van der Waals surface area contributed by atoms with Gasteiger partial charge >= 0.3 is 0 Å². The van der Waals surface area contributed by atoms with Crippen LogP contribution in [-0.2, 0) is 9.47 Å². The Kier molecular flexibility index (Phi) is 7.69. The smallest absolute Gasteiger partial charge is 0.126 e. The van der Waals surface area contributed by atoms with Crippen LogP contribution < -0.4 is 0 Å². The third kappa shape index (κ3) is 5.54. The highest BCUT2D eigenvalue weighted by Crippen LogP contribution is 2.17. The molecule has 0 aliphatic heterocycles. The van der Waals surface area contributed by atoms with E-state index in [1.165, 1.54) is 6.07 Å². The lowest BCUT2D eigenvalue weighted by atomic mass is 10.1. The van der Waals surface area contributed by atoms with Gasteiger partial charge in [0.15, 0.2) is 0 Å². The molecule has 1 N–H and O–H groups in total. The summed E-state index contributed by atoms with van der Waals surface area (Å²) in [5.41, 5.74) is 1.27. The molecular weight excluding hydrogens is 261 g/mol. The summed E-state index contributed by atoms with van der Waals surface area (Å²) in [6, 6.07) is 4.70. The largest absolute Gasteiger partial charge is 0.387 e. The third-order valence-corrected chi connectivity index (χ3v) is 3.22. The van der Waals surface area contributed by atoms with Crippen molar-refractivity contribution in [3.05, 3.63) is 35.1 Å². The van der Waals surface area contributed by atoms with Crippen LogP contribution in [0.1, 0.15) is 17.2 Å². The van der Waals surface area contributed by atoms with Crippen LogP contribution >= 0.6 is 0 Å². The van der Waals surface area contributed by atoms with Crippen molar-refractivity contribution in [1.29, 1.82) is 0 Å². The first-order valence-corrected chi connectivity index (χ1v) is 6.72. The lowest BCUT2D eigenvalue weighted by molar-refractivity contribution is 0.0696. The van der Waals surface area contributed by atoms with Gasteiger partial charge in [-0.1, -0.05) is 12.1 Å². The average molecular weight is 285 g/mol. The first-order chi connectivity index (χ1) is 9.58. The molecule has 4 nitrogen and oxygen atoms in total. The zero-order chi connectivity index (χ0) is 15.0. The minimum absolute atomic E-state index is 0.253. The fourth-order valence-corrected chi connectivity index (χ4v) is 1.96. The van der Waals surface area contributed by atoms with E-state index in [1.54, 1.807) is 33.3 Å². The summed E-state index contributed by atoms with van der Waals surface area (Å²) in [4.78, 5) is 2.07. The Labute approximate surface area is 120 Å². The Balaban J connectivity index is 2.62. The second-order valence-electron chi connectivity index (χ2n) is 4.81. The molecule has 1 rings (SSSR count). The zero-order valence-corrected chi connectivity index (χ0v) is 12.4. The number of benzene rings is 1. The normalized spacial score (nSPS) is 12.9. The summed E-state index contributed by atoms with van der Waals surface area (Å²) in [5.74, 6) is -0.253. The summed E-state index contributed by atoms with van der Waals surface area (Å²) in [6.45, 7) is 4.79. The second kappa shape index (κ2) is 9.02. The minimum atomic E-state index is -0.650. The van der Waals surface area contributed by atoms with E-state index < -0.39 is 6.10 Å². The van der Waals surface area contributed by atoms with Crippen LogP contribution in [0.3, 0.4) is 0 Å². The lowest BCUT2D eigenvalue weighted by Gasteiger charge is -2.24. The maximum absolute atomic E-state index is 13.2. The van der Waals surface area contributed by atoms with Crippen LogP contribution in [0.4, 0.5) is 4.39 Å². The zero-order valence-electron chi connectivity index (χ0n) is 12.4. The van der Waals surface area contributed by atoms with E-state index in [1.807, 2.05) is 0 Å². The monoisotopic (exact) mass is 285 g/mol. The highest BCUT2D eigenvalue weighted by atomic mass is 19.1. The second-order valence-corrected chi connectivity index (χ2v) is 4.81. The lowest BCUT2D eigenvalue weighted by Crippen LogP contribution is -2.34. The molecule has 1 atom stereocenters. The van der Waals surface area contributed by atoms with E-state index in [4.69, 9.17) is 9.47 Å². The van der Waals surface area contributed by atoms with E-state index in [9.17, 15) is 9.50 Å². The van der Waals surface area contributed by atoms with Gasteiger partial charge in [-0.25, -0.2) is 4.39 Å². The first kappa shape index (κ1) is 17.0. The number of nitrogens with zero attached hydrogens (tertiary/aromatic N) is 1. The van der Waals surface area contributed by atoms with Crippen molar-refractivity contribution in [1.82, 2.24) is 4.90 Å². The fraction of sp³-hybridized carbons (Fsp3) is 0.600. The number of halogens is 1. The van der Waals surface area contributed by atoms with Crippen LogP contribution in [0.2, 0.25) is 0 Å². The number of hydrogen-bond donors (Lipinski definition) is 1. The van der Waals surface area contributed by atoms with Crippen molar-refractivity contribution in [3.63, 3.8) is 0 Å². The van der Waals surface area contributed by atoms with Crippen LogP contribution in [0.15, 0.2) is 18.2 Å². The average Bonchev–Trinajstić information content (AvgIpc) is 2.44. The summed E-state index contributed by atoms with van der Waals surface area (Å²) in [6.07, 6.45) is -0.650. The maximum Gasteiger partial charge on any atom is 0.126 e. The molecule has 0 aromatic heterocycles. The van der Waals surface area contributed by atoms with Crippen LogP contribution in [0.5, 0.6) is 0 Å². The molecule has 0 saturated carbocycles. The van der Waals surface area contributed by atoms with Gasteiger partial charge in [0.2, 0.25) is 0 Å². The van der Waals surface area contributed by atoms with E-state index in [0.717, 1.165) is 18.7 Å². The number of rotatable bonds is 9. The summed E-state index contributed by atoms with van der Waals surface area (Å²) in [7, 11) is 3.29. The van der Waals surface area contributed by atoms with E-state index in [-0.39, 0.29) is 5.82 Å². The maximum atomic E-state index is 13.2. The van der Waals surface area contributed by atoms with Gasteiger partial charge in [-0.2, -0.15) is 0 Å². The Morgan fingerprint density at radius 1 is 1.20 bits per heavy atom. The molecule has 0 spiro atoms. The summed E-state index contributed by atoms with van der Waals surface area (Å²) >= 11 is 0. The predicted molar refractivity (Wildman–Crippen MR) is 76.3 cm³/mol. The van der Waals surface area contributed by atoms with Crippen molar-refractivity contribution in [2.24, 2.45) is 0 Å². The molecule has 5 heteroatoms. The van der Waals surface area contributed by atoms with Gasteiger partial charge in [0.05, 0.1) is 19.3 Å². The standard InChI is InChI=1S/C15H24FNO3/c1-12-10-13(4-5-14(12)16)15(18)11-17(6-8-19-2)7-9-20-3/h4-5,10,15,18H,6-9,11H2,1-3H3. The van der Waals surface area contributed by atoms with Crippen LogP contribution in [0, 0.1) is 12.7 Å². The van der Waals surface area contributed by atoms with Crippen molar-refractivity contribution in [2.75, 3.05) is 47.1 Å². The van der Waals surface area contributed by atoms with Gasteiger partial charge in [0.25, 0.3) is 0 Å². The Morgan fingerprint density at radius 3 is 2.30 bits per heavy atom. The van der Waals surface area contributed by atoms with Crippen molar-refractivity contribution in [2.45, 2.75) is 13.0 Å². The predicted octanol–water partition coefficient (Wildman–Crippen LogP) is 1.76. The fourth-order valence-electron chi connectivity index (χ4n) is 1.96. The Morgan fingerprint density at radius 2 is 1.80 bits per heavy atom. The van der Waals surface area contributed by atoms with Crippen molar-refractivity contribution >= 4 is 0 Å². The molecule has 0 amide bonds. The van der Waals surface area contributed by atoms with Gasteiger partial charge < -0.3 is 14.6 Å². The third-order valence-electron chi connectivity index (χ3n) is 3.22.